The Kier molecular flexibility index (Phi) is 6.77. The number of phosphoric acid groups is 1. The molecule has 3 rings (SSSR count). The molecule has 0 aromatic carbocycles. The second-order valence-corrected chi connectivity index (χ2v) is 10.5. The molecular formula is C12H19N5O10P2S. The average molecular weight is 487 g/mol. The molecule has 1 saturated heterocycles. The molecule has 0 aliphatic carbocycles. The second-order valence-electron chi connectivity index (χ2n) is 6.29. The Morgan fingerprint density at radius 1 is 1.40 bits per heavy atom. The van der Waals surface area contributed by atoms with Crippen LogP contribution in [0.15, 0.2) is 11.1 Å². The summed E-state index contributed by atoms with van der Waals surface area (Å²) in [6.45, 7) is -5.08. The lowest BCUT2D eigenvalue weighted by Gasteiger charge is -2.20. The normalized spacial score (nSPS) is 26.8. The van der Waals surface area contributed by atoms with Gasteiger partial charge in [0.15, 0.2) is 17.4 Å². The molecule has 2 aromatic rings. The molecule has 1 aliphatic heterocycles. The average Bonchev–Trinajstić information content (AvgIpc) is 3.14. The first-order valence-corrected chi connectivity index (χ1v) is 12.3. The van der Waals surface area contributed by atoms with Gasteiger partial charge in [-0.3, -0.25) is 18.9 Å². The fourth-order valence-corrected chi connectivity index (χ4v) is 5.40. The van der Waals surface area contributed by atoms with Crippen LogP contribution in [0, 0.1) is 5.92 Å². The van der Waals surface area contributed by atoms with Gasteiger partial charge in [-0.2, -0.15) is 4.98 Å². The van der Waals surface area contributed by atoms with Crippen molar-refractivity contribution in [2.75, 3.05) is 26.1 Å². The van der Waals surface area contributed by atoms with E-state index in [0.29, 0.717) is 0 Å². The Morgan fingerprint density at radius 3 is 2.73 bits per heavy atom. The molecule has 0 amide bonds. The van der Waals surface area contributed by atoms with Gasteiger partial charge >= 0.3 is 14.5 Å². The predicted molar refractivity (Wildman–Crippen MR) is 103 cm³/mol. The van der Waals surface area contributed by atoms with Crippen molar-refractivity contribution < 1.29 is 42.7 Å². The third kappa shape index (κ3) is 5.12. The highest BCUT2D eigenvalue weighted by Gasteiger charge is 2.46. The summed E-state index contributed by atoms with van der Waals surface area (Å²) < 4.78 is 32.7. The second kappa shape index (κ2) is 8.68. The van der Waals surface area contributed by atoms with Gasteiger partial charge < -0.3 is 35.0 Å². The number of ether oxygens (including phenoxy) is 2. The molecule has 1 aliphatic rings. The number of methoxy groups -OCH3 is 1. The number of rotatable bonds is 8. The van der Waals surface area contributed by atoms with Crippen LogP contribution in [0.3, 0.4) is 0 Å². The number of nitrogens with two attached hydrogens (primary N) is 1. The Bertz CT molecular complexity index is 1070. The number of aromatic amines is 1. The van der Waals surface area contributed by atoms with Gasteiger partial charge in [0.05, 0.1) is 25.6 Å². The molecule has 0 radical (unpaired) electrons. The first-order chi connectivity index (χ1) is 13.9. The molecule has 0 spiro atoms. The van der Waals surface area contributed by atoms with E-state index in [1.165, 1.54) is 18.0 Å². The molecule has 2 aromatic heterocycles. The van der Waals surface area contributed by atoms with Gasteiger partial charge in [0, 0.05) is 13.0 Å². The fraction of sp³-hybridized carbons (Fsp3) is 0.583. The van der Waals surface area contributed by atoms with E-state index in [1.807, 2.05) is 0 Å². The van der Waals surface area contributed by atoms with Crippen LogP contribution in [0.2, 0.25) is 0 Å². The van der Waals surface area contributed by atoms with Crippen molar-refractivity contribution in [1.82, 2.24) is 19.5 Å². The molecule has 18 heteroatoms. The van der Waals surface area contributed by atoms with Crippen molar-refractivity contribution in [3.8, 4) is 0 Å². The number of hydrogen-bond acceptors (Lipinski definition) is 11. The Labute approximate surface area is 173 Å². The molecule has 1 fully saturated rings. The smallest absolute Gasteiger partial charge is 0.388 e. The summed E-state index contributed by atoms with van der Waals surface area (Å²) in [5, 5.41) is 10.7. The number of nitrogens with one attached hydrogen (secondary N) is 1. The minimum atomic E-state index is -4.91. The van der Waals surface area contributed by atoms with Gasteiger partial charge in [0.25, 0.3) is 5.56 Å². The predicted octanol–water partition coefficient (Wildman–Crippen LogP) is -1.43. The summed E-state index contributed by atoms with van der Waals surface area (Å²) >= 11 is 4.15. The molecule has 7 N–H and O–H groups in total. The number of aliphatic hydroxyl groups excluding tert-OH is 1. The van der Waals surface area contributed by atoms with Gasteiger partial charge in [-0.15, -0.1) is 0 Å². The highest BCUT2D eigenvalue weighted by atomic mass is 32.5. The van der Waals surface area contributed by atoms with Crippen LogP contribution in [0.4, 0.5) is 5.95 Å². The monoisotopic (exact) mass is 487 g/mol. The topological polar surface area (TPSA) is 224 Å². The Morgan fingerprint density at radius 2 is 2.10 bits per heavy atom. The number of imidazole rings is 1. The summed E-state index contributed by atoms with van der Waals surface area (Å²) in [6.07, 6.45) is -2.11. The number of H-pyrrole nitrogens is 1. The van der Waals surface area contributed by atoms with Crippen LogP contribution >= 0.6 is 14.5 Å². The van der Waals surface area contributed by atoms with E-state index in [1.54, 1.807) is 0 Å². The summed E-state index contributed by atoms with van der Waals surface area (Å²) in [5.74, 6) is -0.916. The number of phosphoric ester groups is 1. The van der Waals surface area contributed by atoms with Gasteiger partial charge in [-0.1, -0.05) is 0 Å². The van der Waals surface area contributed by atoms with E-state index in [2.05, 4.69) is 31.1 Å². The molecule has 30 heavy (non-hydrogen) atoms. The van der Waals surface area contributed by atoms with Crippen molar-refractivity contribution in [1.29, 1.82) is 0 Å². The zero-order chi connectivity index (χ0) is 22.3. The Hall–Kier alpha value is -1.29. The van der Waals surface area contributed by atoms with Crippen LogP contribution in [0.25, 0.3) is 11.2 Å². The van der Waals surface area contributed by atoms with E-state index >= 15 is 0 Å². The third-order valence-corrected chi connectivity index (χ3v) is 6.97. The van der Waals surface area contributed by atoms with E-state index in [-0.39, 0.29) is 23.7 Å². The van der Waals surface area contributed by atoms with Crippen LogP contribution in [-0.4, -0.2) is 71.8 Å². The zero-order valence-corrected chi connectivity index (χ0v) is 17.9. The van der Waals surface area contributed by atoms with E-state index in [9.17, 15) is 19.4 Å². The standard InChI is InChI=1S/C12H19N5O10P2S/c1-24-2-5-6(3-25-28(20,21)27-29(22,23)30)26-11(8(5)18)17-4-14-7-9(17)15-12(13)16-10(7)19/h4-6,8,11,18H,2-3H2,1H3,(H,20,21)(H2,22,23,30)(H3,13,15,16,19)/t5-,6-,8-,11-/m1/s1. The number of nitrogen functional groups attached to an aromatic ring is 1. The van der Waals surface area contributed by atoms with Gasteiger partial charge in [-0.25, -0.2) is 13.9 Å². The molecular weight excluding hydrogens is 468 g/mol. The number of anilines is 1. The van der Waals surface area contributed by atoms with Crippen LogP contribution in [0.1, 0.15) is 6.23 Å². The number of nitrogens with zero attached hydrogens (tertiary/aromatic N) is 3. The summed E-state index contributed by atoms with van der Waals surface area (Å²) in [5.41, 5.74) is 5.00. The van der Waals surface area contributed by atoms with Gasteiger partial charge in [0.1, 0.15) is 6.10 Å². The van der Waals surface area contributed by atoms with Crippen molar-refractivity contribution in [2.45, 2.75) is 18.4 Å². The molecule has 168 valence electrons. The van der Waals surface area contributed by atoms with E-state index in [4.69, 9.17) is 29.5 Å². The minimum Gasteiger partial charge on any atom is -0.388 e. The molecule has 1 unspecified atom stereocenters. The highest BCUT2D eigenvalue weighted by molar-refractivity contribution is 8.08. The molecule has 0 saturated carbocycles. The van der Waals surface area contributed by atoms with Crippen LogP contribution < -0.4 is 11.3 Å². The van der Waals surface area contributed by atoms with E-state index < -0.39 is 51.1 Å². The summed E-state index contributed by atoms with van der Waals surface area (Å²) in [7, 11) is -3.54. The third-order valence-electron chi connectivity index (χ3n) is 4.22. The van der Waals surface area contributed by atoms with Crippen molar-refractivity contribution in [3.63, 3.8) is 0 Å². The molecule has 3 heterocycles. The SMILES string of the molecule is COC[C@H]1[C@@H](O)[C@H](n2cnc3c(=O)[nH]c(N)nc32)O[C@@H]1COP(=O)(O)OP(O)(O)=S. The zero-order valence-electron chi connectivity index (χ0n) is 15.3. The maximum atomic E-state index is 12.0. The fourth-order valence-electron chi connectivity index (χ4n) is 3.04. The summed E-state index contributed by atoms with van der Waals surface area (Å²) in [6, 6.07) is 0. The van der Waals surface area contributed by atoms with Crippen LogP contribution in [-0.2, 0) is 34.7 Å². The first-order valence-electron chi connectivity index (χ1n) is 8.21. The number of aromatic nitrogens is 4. The van der Waals surface area contributed by atoms with Crippen LogP contribution in [0.5, 0.6) is 0 Å². The number of aliphatic hydroxyl groups is 1. The maximum absolute atomic E-state index is 12.0. The van der Waals surface area contributed by atoms with E-state index in [0.717, 1.165) is 0 Å². The highest BCUT2D eigenvalue weighted by Crippen LogP contribution is 2.58. The molecule has 15 nitrogen and oxygen atoms in total. The lowest BCUT2D eigenvalue weighted by atomic mass is 9.99. The maximum Gasteiger partial charge on any atom is 0.479 e. The number of hydrogen-bond donors (Lipinski definition) is 6. The lowest BCUT2D eigenvalue weighted by molar-refractivity contribution is -0.0490. The summed E-state index contributed by atoms with van der Waals surface area (Å²) in [4.78, 5) is 49.8. The molecule has 0 bridgehead atoms. The largest absolute Gasteiger partial charge is 0.479 e. The quantitative estimate of drug-likeness (QED) is 0.235. The molecule has 5 atom stereocenters. The first kappa shape index (κ1) is 23.4. The Balaban J connectivity index is 1.85. The lowest BCUT2D eigenvalue weighted by Crippen LogP contribution is -2.32. The van der Waals surface area contributed by atoms with Crippen molar-refractivity contribution in [3.05, 3.63) is 16.7 Å². The van der Waals surface area contributed by atoms with Crippen molar-refractivity contribution >= 4 is 43.5 Å². The minimum absolute atomic E-state index is 0.0248. The number of fused-ring (bicyclic) bond motifs is 1. The van der Waals surface area contributed by atoms with Gasteiger partial charge in [-0.05, 0) is 11.8 Å². The van der Waals surface area contributed by atoms with Gasteiger partial charge in [0.2, 0.25) is 5.95 Å². The van der Waals surface area contributed by atoms with Crippen molar-refractivity contribution in [2.24, 2.45) is 5.92 Å².